The number of carbonyl (C=O) groups is 1. The van der Waals surface area contributed by atoms with Crippen molar-refractivity contribution in [1.82, 2.24) is 0 Å². The van der Waals surface area contributed by atoms with Crippen LogP contribution in [0.1, 0.15) is 10.4 Å². The number of hydrogen-bond donors (Lipinski definition) is 1. The monoisotopic (exact) mass is 221 g/mol. The van der Waals surface area contributed by atoms with Crippen molar-refractivity contribution >= 4 is 34.7 Å². The van der Waals surface area contributed by atoms with E-state index in [9.17, 15) is 9.18 Å². The smallest absolute Gasteiger partial charge is 0.181 e. The molecule has 2 N–H and O–H groups in total. The molecule has 0 saturated heterocycles. The molecule has 0 aliphatic carbocycles. The quantitative estimate of drug-likeness (QED) is 0.474. The number of anilines is 1. The summed E-state index contributed by atoms with van der Waals surface area (Å²) in [6.07, 6.45) is 0. The first-order valence-corrected chi connectivity index (χ1v) is 4.31. The zero-order valence-electron chi connectivity index (χ0n) is 6.48. The van der Waals surface area contributed by atoms with Gasteiger partial charge in [0.2, 0.25) is 0 Å². The fourth-order valence-electron chi connectivity index (χ4n) is 0.954. The number of hydrogen-bond acceptors (Lipinski definition) is 2. The number of rotatable bonds is 2. The number of alkyl halides is 1. The van der Waals surface area contributed by atoms with Gasteiger partial charge in [-0.25, -0.2) is 4.39 Å². The van der Waals surface area contributed by atoms with Gasteiger partial charge in [-0.3, -0.25) is 4.79 Å². The van der Waals surface area contributed by atoms with Gasteiger partial charge in [0.15, 0.2) is 5.78 Å². The summed E-state index contributed by atoms with van der Waals surface area (Å²) >= 11 is 10.9. The Morgan fingerprint density at radius 2 is 2.15 bits per heavy atom. The van der Waals surface area contributed by atoms with Crippen LogP contribution in [0.25, 0.3) is 0 Å². The van der Waals surface area contributed by atoms with Crippen LogP contribution in [0.15, 0.2) is 12.1 Å². The fraction of sp³-hybridized carbons (Fsp3) is 0.125. The van der Waals surface area contributed by atoms with Crippen LogP contribution >= 0.6 is 23.2 Å². The van der Waals surface area contributed by atoms with E-state index in [1.165, 1.54) is 0 Å². The predicted molar refractivity (Wildman–Crippen MR) is 50.9 cm³/mol. The lowest BCUT2D eigenvalue weighted by Gasteiger charge is -2.04. The summed E-state index contributed by atoms with van der Waals surface area (Å²) in [5.74, 6) is -1.21. The molecule has 0 unspecified atom stereocenters. The Morgan fingerprint density at radius 1 is 1.54 bits per heavy atom. The highest BCUT2D eigenvalue weighted by molar-refractivity contribution is 6.38. The molecule has 0 aliphatic heterocycles. The number of nitrogen functional groups attached to an aromatic ring is 1. The van der Waals surface area contributed by atoms with Crippen LogP contribution in [-0.2, 0) is 0 Å². The first-order valence-electron chi connectivity index (χ1n) is 3.40. The molecule has 0 bridgehead atoms. The summed E-state index contributed by atoms with van der Waals surface area (Å²) in [5, 5.41) is -0.0110. The lowest BCUT2D eigenvalue weighted by Crippen LogP contribution is -2.06. The van der Waals surface area contributed by atoms with Gasteiger partial charge in [-0.1, -0.05) is 11.6 Å². The zero-order chi connectivity index (χ0) is 10.0. The lowest BCUT2D eigenvalue weighted by atomic mass is 10.1. The molecular formula is C8H6Cl2FNO. The van der Waals surface area contributed by atoms with E-state index in [0.717, 1.165) is 12.1 Å². The maximum atomic E-state index is 12.7. The average molecular weight is 222 g/mol. The Kier molecular flexibility index (Phi) is 3.12. The first-order chi connectivity index (χ1) is 6.06. The fourth-order valence-corrected chi connectivity index (χ4v) is 1.41. The molecule has 2 nitrogen and oxygen atoms in total. The highest BCUT2D eigenvalue weighted by Crippen LogP contribution is 2.24. The molecule has 13 heavy (non-hydrogen) atoms. The highest BCUT2D eigenvalue weighted by Gasteiger charge is 2.14. The topological polar surface area (TPSA) is 43.1 Å². The van der Waals surface area contributed by atoms with Gasteiger partial charge in [0.1, 0.15) is 5.82 Å². The first kappa shape index (κ1) is 10.3. The summed E-state index contributed by atoms with van der Waals surface area (Å²) in [4.78, 5) is 11.1. The standard InChI is InChI=1S/C8H6Cl2FNO/c9-3-7(13)8-5(10)1-4(11)2-6(8)12/h1-2H,3,12H2. The second-order valence-electron chi connectivity index (χ2n) is 2.41. The van der Waals surface area contributed by atoms with Gasteiger partial charge in [-0.2, -0.15) is 0 Å². The summed E-state index contributed by atoms with van der Waals surface area (Å²) < 4.78 is 12.7. The largest absolute Gasteiger partial charge is 0.398 e. The number of ketones is 1. The molecule has 1 rings (SSSR count). The number of Topliss-reactive ketones (excluding diaryl/α,β-unsaturated/α-hetero) is 1. The lowest BCUT2D eigenvalue weighted by molar-refractivity contribution is 0.102. The van der Waals surface area contributed by atoms with Crippen LogP contribution in [0.5, 0.6) is 0 Å². The number of carbonyl (C=O) groups excluding carboxylic acids is 1. The van der Waals surface area contributed by atoms with Crippen LogP contribution < -0.4 is 5.73 Å². The van der Waals surface area contributed by atoms with E-state index in [1.54, 1.807) is 0 Å². The normalized spacial score (nSPS) is 10.1. The van der Waals surface area contributed by atoms with E-state index in [1.807, 2.05) is 0 Å². The molecule has 0 heterocycles. The molecule has 1 aromatic carbocycles. The minimum absolute atomic E-state index is 0.00986. The SMILES string of the molecule is Nc1cc(F)cc(Cl)c1C(=O)CCl. The molecule has 0 aliphatic rings. The Balaban J connectivity index is 3.28. The Labute approximate surface area is 84.4 Å². The summed E-state index contributed by atoms with van der Waals surface area (Å²) in [7, 11) is 0. The molecule has 0 saturated carbocycles. The van der Waals surface area contributed by atoms with Crippen molar-refractivity contribution in [2.24, 2.45) is 0 Å². The van der Waals surface area contributed by atoms with Gasteiger partial charge >= 0.3 is 0 Å². The van der Waals surface area contributed by atoms with Crippen molar-refractivity contribution < 1.29 is 9.18 Å². The van der Waals surface area contributed by atoms with Gasteiger partial charge in [0, 0.05) is 5.69 Å². The van der Waals surface area contributed by atoms with Crippen molar-refractivity contribution in [3.8, 4) is 0 Å². The molecule has 0 aromatic heterocycles. The summed E-state index contributed by atoms with van der Waals surface area (Å²) in [6, 6.07) is 2.06. The number of halogens is 3. The van der Waals surface area contributed by atoms with Crippen molar-refractivity contribution in [2.75, 3.05) is 11.6 Å². The second kappa shape index (κ2) is 3.94. The van der Waals surface area contributed by atoms with Crippen LogP contribution in [0.3, 0.4) is 0 Å². The van der Waals surface area contributed by atoms with Crippen molar-refractivity contribution in [2.45, 2.75) is 0 Å². The van der Waals surface area contributed by atoms with E-state index >= 15 is 0 Å². The third-order valence-electron chi connectivity index (χ3n) is 1.49. The Bertz CT molecular complexity index is 331. The molecule has 0 atom stereocenters. The van der Waals surface area contributed by atoms with Crippen molar-refractivity contribution in [3.05, 3.63) is 28.5 Å². The van der Waals surface area contributed by atoms with Gasteiger partial charge in [-0.15, -0.1) is 11.6 Å². The average Bonchev–Trinajstić information content (AvgIpc) is 2.02. The third-order valence-corrected chi connectivity index (χ3v) is 2.03. The molecule has 5 heteroatoms. The number of nitrogens with two attached hydrogens (primary N) is 1. The van der Waals surface area contributed by atoms with Gasteiger partial charge in [0.25, 0.3) is 0 Å². The molecule has 0 fully saturated rings. The van der Waals surface area contributed by atoms with Crippen molar-refractivity contribution in [1.29, 1.82) is 0 Å². The maximum Gasteiger partial charge on any atom is 0.181 e. The summed E-state index contributed by atoms with van der Waals surface area (Å²) in [5.41, 5.74) is 5.49. The maximum absolute atomic E-state index is 12.7. The highest BCUT2D eigenvalue weighted by atomic mass is 35.5. The van der Waals surface area contributed by atoms with E-state index in [0.29, 0.717) is 0 Å². The van der Waals surface area contributed by atoms with E-state index < -0.39 is 11.6 Å². The predicted octanol–water partition coefficient (Wildman–Crippen LogP) is 2.48. The molecular weight excluding hydrogens is 216 g/mol. The van der Waals surface area contributed by atoms with Gasteiger partial charge in [-0.05, 0) is 12.1 Å². The molecule has 70 valence electrons. The van der Waals surface area contributed by atoms with Crippen LogP contribution in [-0.4, -0.2) is 11.7 Å². The molecule has 1 aromatic rings. The summed E-state index contributed by atoms with van der Waals surface area (Å²) in [6.45, 7) is 0. The minimum atomic E-state index is -0.575. The van der Waals surface area contributed by atoms with E-state index in [4.69, 9.17) is 28.9 Å². The van der Waals surface area contributed by atoms with E-state index in [2.05, 4.69) is 0 Å². The Hall–Kier alpha value is -0.800. The van der Waals surface area contributed by atoms with Gasteiger partial charge in [0.05, 0.1) is 16.5 Å². The molecule has 0 amide bonds. The second-order valence-corrected chi connectivity index (χ2v) is 3.08. The van der Waals surface area contributed by atoms with Crippen molar-refractivity contribution in [3.63, 3.8) is 0 Å². The number of benzene rings is 1. The van der Waals surface area contributed by atoms with Crippen LogP contribution in [0, 0.1) is 5.82 Å². The third kappa shape index (κ3) is 2.11. The van der Waals surface area contributed by atoms with Gasteiger partial charge < -0.3 is 5.73 Å². The van der Waals surface area contributed by atoms with E-state index in [-0.39, 0.29) is 22.2 Å². The molecule has 0 radical (unpaired) electrons. The van der Waals surface area contributed by atoms with Crippen LogP contribution in [0.2, 0.25) is 5.02 Å². The Morgan fingerprint density at radius 3 is 2.62 bits per heavy atom. The molecule has 0 spiro atoms. The zero-order valence-corrected chi connectivity index (χ0v) is 7.99. The van der Waals surface area contributed by atoms with Crippen LogP contribution in [0.4, 0.5) is 10.1 Å². The minimum Gasteiger partial charge on any atom is -0.398 e.